The van der Waals surface area contributed by atoms with Crippen molar-refractivity contribution in [2.75, 3.05) is 19.6 Å². The Morgan fingerprint density at radius 1 is 0.613 bits per heavy atom. The van der Waals surface area contributed by atoms with Crippen LogP contribution < -0.4 is 66.7 Å². The second-order valence-corrected chi connectivity index (χ2v) is 21.4. The van der Waals surface area contributed by atoms with Crippen LogP contribution in [0.5, 0.6) is 5.75 Å². The lowest BCUT2D eigenvalue weighted by atomic mass is 9.84. The van der Waals surface area contributed by atoms with E-state index in [9.17, 15) is 43.5 Å². The summed E-state index contributed by atoms with van der Waals surface area (Å²) in [5, 5.41) is 23.5. The van der Waals surface area contributed by atoms with E-state index >= 15 is 4.79 Å². The van der Waals surface area contributed by atoms with Crippen molar-refractivity contribution < 1.29 is 48.3 Å². The predicted molar refractivity (Wildman–Crippen MR) is 298 cm³/mol. The summed E-state index contributed by atoms with van der Waals surface area (Å²) in [6.45, 7) is 4.07. The number of aromatic hydroxyl groups is 1. The molecule has 0 radical (unpaired) electrons. The highest BCUT2D eigenvalue weighted by Gasteiger charge is 2.50. The van der Waals surface area contributed by atoms with Crippen molar-refractivity contribution in [3.8, 4) is 5.75 Å². The van der Waals surface area contributed by atoms with Crippen LogP contribution in [0.1, 0.15) is 108 Å². The van der Waals surface area contributed by atoms with Gasteiger partial charge in [-0.1, -0.05) is 69.2 Å². The fraction of sp³-hybridized carbons (Fsp3) is 0.574. The number of hydrogen-bond acceptors (Lipinski definition) is 13. The van der Waals surface area contributed by atoms with E-state index in [1.807, 2.05) is 32.0 Å². The number of phenols is 1. The number of rotatable bonds is 29. The van der Waals surface area contributed by atoms with Gasteiger partial charge >= 0.3 is 0 Å². The fourth-order valence-corrected chi connectivity index (χ4v) is 10.7. The summed E-state index contributed by atoms with van der Waals surface area (Å²) in [5.74, 6) is -7.00. The summed E-state index contributed by atoms with van der Waals surface area (Å²) in [7, 11) is 0. The molecule has 0 unspecified atom stereocenters. The molecule has 438 valence electrons. The number of nitrogens with two attached hydrogens (primary N) is 7. The summed E-state index contributed by atoms with van der Waals surface area (Å²) >= 11 is 0. The fourth-order valence-electron chi connectivity index (χ4n) is 10.7. The number of nitrogens with one attached hydrogen (secondary N) is 5. The Labute approximate surface area is 465 Å². The maximum Gasteiger partial charge on any atom is 0.246 e. The summed E-state index contributed by atoms with van der Waals surface area (Å²) in [6, 6.07) is 5.35. The number of carbonyl (C=O) groups excluding carboxylic acids is 9. The third kappa shape index (κ3) is 18.8. The van der Waals surface area contributed by atoms with E-state index in [0.29, 0.717) is 18.4 Å². The standard InChI is InChI=1S/C54H82N16O10/c1-30(2)25-40(68-48(76)39(27-31-11-4-3-5-12-31)67-46(74)35(55)26-32-18-20-34(71)21-19-32)52(80)70-41-16-7-6-13-33(41)28-43(70)50(78)65-37(15-9-23-63-54(60)61)51(79)69-24-10-17-42(69)49(77)64-36(14-8-22-62-53(58)59)47(75)66-38(45(57)73)29-44(56)72/h3-5,11-12,18-21,30,33,35-43,71H,6-10,13-17,22-29,55H2,1-2H3,(H2,56,72)(H2,57,73)(H,64,77)(H,65,78)(H,66,75)(H,67,74)(H,68,76)(H4,58,59,62)(H4,60,61,63)/t33-,35-,36-,37-,38-,39-,40-,41-,42-,43-/m0/s1. The Morgan fingerprint density at radius 2 is 1.18 bits per heavy atom. The van der Waals surface area contributed by atoms with E-state index in [4.69, 9.17) is 40.1 Å². The van der Waals surface area contributed by atoms with Gasteiger partial charge in [0.15, 0.2) is 11.9 Å². The largest absolute Gasteiger partial charge is 0.508 e. The van der Waals surface area contributed by atoms with Crippen molar-refractivity contribution in [1.82, 2.24) is 36.4 Å². The van der Waals surface area contributed by atoms with Crippen molar-refractivity contribution in [1.29, 1.82) is 0 Å². The second kappa shape index (κ2) is 30.4. The first-order chi connectivity index (χ1) is 38.0. The third-order valence-electron chi connectivity index (χ3n) is 14.7. The van der Waals surface area contributed by atoms with E-state index in [0.717, 1.165) is 24.8 Å². The number of phenolic OH excluding ortho intramolecular Hbond substituents is 1. The van der Waals surface area contributed by atoms with Gasteiger partial charge in [0.1, 0.15) is 48.0 Å². The van der Waals surface area contributed by atoms with Gasteiger partial charge in [0.05, 0.1) is 12.5 Å². The van der Waals surface area contributed by atoms with Crippen LogP contribution in [-0.4, -0.2) is 154 Å². The molecule has 3 fully saturated rings. The van der Waals surface area contributed by atoms with Gasteiger partial charge in [0.25, 0.3) is 0 Å². The predicted octanol–water partition coefficient (Wildman–Crippen LogP) is -2.41. The molecule has 0 spiro atoms. The van der Waals surface area contributed by atoms with Gasteiger partial charge < -0.3 is 81.6 Å². The van der Waals surface area contributed by atoms with E-state index < -0.39 is 108 Å². The summed E-state index contributed by atoms with van der Waals surface area (Å²) < 4.78 is 0. The van der Waals surface area contributed by atoms with Gasteiger partial charge in [-0.15, -0.1) is 0 Å². The maximum absolute atomic E-state index is 15.3. The number of guanidine groups is 2. The van der Waals surface area contributed by atoms with Gasteiger partial charge in [-0.3, -0.25) is 53.1 Å². The highest BCUT2D eigenvalue weighted by Crippen LogP contribution is 2.40. The zero-order valence-corrected chi connectivity index (χ0v) is 45.7. The lowest BCUT2D eigenvalue weighted by Crippen LogP contribution is -2.61. The van der Waals surface area contributed by atoms with Crippen LogP contribution in [0.3, 0.4) is 0 Å². The Balaban J connectivity index is 1.39. The smallest absolute Gasteiger partial charge is 0.246 e. The summed E-state index contributed by atoms with van der Waals surface area (Å²) in [5.41, 5.74) is 40.7. The van der Waals surface area contributed by atoms with Crippen LogP contribution in [0.15, 0.2) is 64.6 Å². The molecule has 9 amide bonds. The number of aliphatic imine (C=N–C) groups is 2. The van der Waals surface area contributed by atoms with Crippen molar-refractivity contribution in [3.05, 3.63) is 65.7 Å². The monoisotopic (exact) mass is 1110 g/mol. The van der Waals surface area contributed by atoms with Crippen LogP contribution in [-0.2, 0) is 56.0 Å². The SMILES string of the molecule is CC(C)C[C@H](NC(=O)[C@H](Cc1ccccc1)NC(=O)[C@@H](N)Cc1ccc(O)cc1)C(=O)N1[C@H](C(=O)N[C@@H](CCCN=C(N)N)C(=O)N2CCC[C@H]2C(=O)N[C@@H](CCCN=C(N)N)C(=O)N[C@@H](CC(N)=O)C(N)=O)C[C@@H]2CCCC[C@@H]21. The number of benzene rings is 2. The molecule has 2 aromatic carbocycles. The minimum Gasteiger partial charge on any atom is -0.508 e. The van der Waals surface area contributed by atoms with E-state index in [2.05, 4.69) is 36.6 Å². The lowest BCUT2D eigenvalue weighted by Gasteiger charge is -2.37. The molecule has 2 heterocycles. The molecule has 3 aliphatic rings. The Bertz CT molecular complexity index is 2540. The Kier molecular flexibility index (Phi) is 23.8. The third-order valence-corrected chi connectivity index (χ3v) is 14.7. The molecule has 2 saturated heterocycles. The van der Waals surface area contributed by atoms with Gasteiger partial charge in [-0.2, -0.15) is 0 Å². The Morgan fingerprint density at radius 3 is 1.79 bits per heavy atom. The van der Waals surface area contributed by atoms with Crippen molar-refractivity contribution in [3.63, 3.8) is 0 Å². The quantitative estimate of drug-likeness (QED) is 0.0229. The number of hydrogen-bond donors (Lipinski definition) is 13. The average molecular weight is 1120 g/mol. The molecule has 20 N–H and O–H groups in total. The van der Waals surface area contributed by atoms with E-state index in [1.54, 1.807) is 29.2 Å². The molecule has 2 aromatic rings. The summed E-state index contributed by atoms with van der Waals surface area (Å²) in [4.78, 5) is 136. The van der Waals surface area contributed by atoms with Crippen LogP contribution >= 0.6 is 0 Å². The molecule has 26 nitrogen and oxygen atoms in total. The van der Waals surface area contributed by atoms with E-state index in [1.165, 1.54) is 17.0 Å². The minimum absolute atomic E-state index is 0.0169. The zero-order chi connectivity index (χ0) is 58.6. The number of primary amides is 2. The van der Waals surface area contributed by atoms with Gasteiger partial charge in [0, 0.05) is 32.1 Å². The maximum atomic E-state index is 15.3. The number of fused-ring (bicyclic) bond motifs is 1. The number of amides is 9. The normalized spacial score (nSPS) is 19.9. The molecule has 10 atom stereocenters. The van der Waals surface area contributed by atoms with Gasteiger partial charge in [0.2, 0.25) is 53.2 Å². The van der Waals surface area contributed by atoms with Crippen LogP contribution in [0.25, 0.3) is 0 Å². The first-order valence-corrected chi connectivity index (χ1v) is 27.4. The van der Waals surface area contributed by atoms with Gasteiger partial charge in [-0.05, 0) is 106 Å². The molecule has 0 aromatic heterocycles. The first-order valence-electron chi connectivity index (χ1n) is 27.4. The first kappa shape index (κ1) is 62.8. The second-order valence-electron chi connectivity index (χ2n) is 21.4. The molecule has 1 saturated carbocycles. The molecular weight excluding hydrogens is 1030 g/mol. The molecule has 1 aliphatic carbocycles. The van der Waals surface area contributed by atoms with Crippen LogP contribution in [0.4, 0.5) is 0 Å². The molecule has 80 heavy (non-hydrogen) atoms. The van der Waals surface area contributed by atoms with Crippen LogP contribution in [0.2, 0.25) is 0 Å². The Hall–Kier alpha value is -8.03. The number of nitrogens with zero attached hydrogens (tertiary/aromatic N) is 4. The zero-order valence-electron chi connectivity index (χ0n) is 45.7. The number of carbonyl (C=O) groups is 9. The van der Waals surface area contributed by atoms with Crippen molar-refractivity contribution in [2.24, 2.45) is 62.0 Å². The highest BCUT2D eigenvalue weighted by atomic mass is 16.3. The molecule has 2 aliphatic heterocycles. The molecule has 0 bridgehead atoms. The molecule has 5 rings (SSSR count). The van der Waals surface area contributed by atoms with Gasteiger partial charge in [-0.25, -0.2) is 0 Å². The minimum atomic E-state index is -1.48. The highest BCUT2D eigenvalue weighted by molar-refractivity contribution is 5.99. The topological polar surface area (TPSA) is 447 Å². The molecule has 26 heteroatoms. The van der Waals surface area contributed by atoms with E-state index in [-0.39, 0.29) is 113 Å². The van der Waals surface area contributed by atoms with Crippen molar-refractivity contribution >= 4 is 65.1 Å². The summed E-state index contributed by atoms with van der Waals surface area (Å²) in [6.07, 6.45) is 3.98. The van der Waals surface area contributed by atoms with Crippen molar-refractivity contribution in [2.45, 2.75) is 165 Å². The van der Waals surface area contributed by atoms with Crippen LogP contribution in [0, 0.1) is 11.8 Å². The lowest BCUT2D eigenvalue weighted by molar-refractivity contribution is -0.146. The number of likely N-dealkylation sites (tertiary alicyclic amines) is 2. The molecular formula is C54H82N16O10. The average Bonchev–Trinajstić information content (AvgIpc) is 4.12.